The maximum absolute atomic E-state index is 14.3. The van der Waals surface area contributed by atoms with Gasteiger partial charge in [-0.3, -0.25) is 19.5 Å². The molecular weight excluding hydrogens is 501 g/mol. The molecule has 2 aromatic rings. The van der Waals surface area contributed by atoms with Gasteiger partial charge in [0.1, 0.15) is 0 Å². The lowest BCUT2D eigenvalue weighted by Crippen LogP contribution is -2.58. The molecule has 0 unspecified atom stereocenters. The van der Waals surface area contributed by atoms with E-state index >= 15 is 0 Å². The van der Waals surface area contributed by atoms with Crippen molar-refractivity contribution in [1.29, 1.82) is 0 Å². The van der Waals surface area contributed by atoms with Crippen LogP contribution >= 0.6 is 23.2 Å². The van der Waals surface area contributed by atoms with Crippen molar-refractivity contribution in [2.45, 2.75) is 51.1 Å². The molecule has 0 saturated carbocycles. The van der Waals surface area contributed by atoms with Crippen molar-refractivity contribution >= 4 is 35.1 Å². The zero-order valence-corrected chi connectivity index (χ0v) is 22.2. The summed E-state index contributed by atoms with van der Waals surface area (Å²) in [6, 6.07) is 10.8. The Kier molecular flexibility index (Phi) is 8.56. The second-order valence-corrected chi connectivity index (χ2v) is 10.9. The van der Waals surface area contributed by atoms with Gasteiger partial charge in [-0.2, -0.15) is 0 Å². The number of piperidine rings is 1. The van der Waals surface area contributed by atoms with Gasteiger partial charge in [-0.05, 0) is 42.7 Å². The minimum atomic E-state index is -1.07. The third kappa shape index (κ3) is 5.86. The molecule has 2 fully saturated rings. The number of carboxylic acid groups (broad SMARTS) is 1. The van der Waals surface area contributed by atoms with E-state index in [-0.39, 0.29) is 30.3 Å². The van der Waals surface area contributed by atoms with E-state index in [0.717, 1.165) is 30.8 Å². The molecule has 3 heterocycles. The molecule has 1 aromatic heterocycles. The van der Waals surface area contributed by atoms with Crippen molar-refractivity contribution in [2.24, 2.45) is 5.41 Å². The Balaban J connectivity index is 1.84. The predicted molar refractivity (Wildman–Crippen MR) is 139 cm³/mol. The fourth-order valence-corrected chi connectivity index (χ4v) is 5.94. The SMILES string of the molecule is CC[C@@H](CN1CCOCC1)N1C(=O)[C@](C)(CC(=O)O)C[C@H](c2cccc(Cl)c2)[C@H]1c1ccc(Cl)cn1. The highest BCUT2D eigenvalue weighted by Crippen LogP contribution is 2.51. The molecule has 9 heteroatoms. The van der Waals surface area contributed by atoms with E-state index in [2.05, 4.69) is 16.8 Å². The first-order valence-corrected chi connectivity index (χ1v) is 13.2. The highest BCUT2D eigenvalue weighted by Gasteiger charge is 2.52. The van der Waals surface area contributed by atoms with Crippen LogP contribution in [0.25, 0.3) is 0 Å². The van der Waals surface area contributed by atoms with Crippen LogP contribution in [-0.2, 0) is 14.3 Å². The van der Waals surface area contributed by atoms with Gasteiger partial charge in [0.05, 0.1) is 41.8 Å². The van der Waals surface area contributed by atoms with Crippen LogP contribution in [0.15, 0.2) is 42.6 Å². The summed E-state index contributed by atoms with van der Waals surface area (Å²) in [7, 11) is 0. The number of hydrogen-bond acceptors (Lipinski definition) is 5. The molecule has 1 aromatic carbocycles. The Morgan fingerprint density at radius 1 is 1.22 bits per heavy atom. The van der Waals surface area contributed by atoms with Crippen molar-refractivity contribution in [3.05, 3.63) is 63.9 Å². The fourth-order valence-electron chi connectivity index (χ4n) is 5.63. The molecule has 4 atom stereocenters. The first-order valence-electron chi connectivity index (χ1n) is 12.4. The zero-order valence-electron chi connectivity index (χ0n) is 20.7. The normalized spacial score (nSPS) is 26.1. The van der Waals surface area contributed by atoms with Gasteiger partial charge >= 0.3 is 5.97 Å². The van der Waals surface area contributed by atoms with E-state index < -0.39 is 11.4 Å². The number of benzene rings is 1. The molecule has 1 amide bonds. The molecule has 36 heavy (non-hydrogen) atoms. The van der Waals surface area contributed by atoms with Gasteiger partial charge in [0.2, 0.25) is 5.91 Å². The Morgan fingerprint density at radius 3 is 2.58 bits per heavy atom. The van der Waals surface area contributed by atoms with Crippen molar-refractivity contribution in [3.63, 3.8) is 0 Å². The van der Waals surface area contributed by atoms with Crippen LogP contribution in [-0.4, -0.2) is 70.7 Å². The quantitative estimate of drug-likeness (QED) is 0.511. The molecule has 2 saturated heterocycles. The van der Waals surface area contributed by atoms with E-state index in [1.807, 2.05) is 35.2 Å². The van der Waals surface area contributed by atoms with E-state index in [0.29, 0.717) is 36.2 Å². The van der Waals surface area contributed by atoms with E-state index in [4.69, 9.17) is 27.9 Å². The van der Waals surface area contributed by atoms with E-state index in [9.17, 15) is 14.7 Å². The summed E-state index contributed by atoms with van der Waals surface area (Å²) < 4.78 is 5.52. The number of ether oxygens (including phenoxy) is 1. The van der Waals surface area contributed by atoms with Crippen LogP contribution in [0.5, 0.6) is 0 Å². The summed E-state index contributed by atoms with van der Waals surface area (Å²) in [5.41, 5.74) is 0.621. The van der Waals surface area contributed by atoms with Gasteiger partial charge in [-0.15, -0.1) is 0 Å². The standard InChI is InChI=1S/C27H33Cl2N3O4/c1-3-21(17-31-9-11-36-12-10-31)32-25(23-8-7-20(29)16-30-23)22(18-5-4-6-19(28)13-18)14-27(2,26(32)35)15-24(33)34/h4-8,13,16,21-22,25H,3,9-12,14-15,17H2,1-2H3,(H,33,34)/t21-,22+,25-,27-/m0/s1. The monoisotopic (exact) mass is 533 g/mol. The summed E-state index contributed by atoms with van der Waals surface area (Å²) in [5, 5.41) is 10.9. The summed E-state index contributed by atoms with van der Waals surface area (Å²) in [6.45, 7) is 7.45. The molecule has 0 spiro atoms. The molecule has 7 nitrogen and oxygen atoms in total. The summed E-state index contributed by atoms with van der Waals surface area (Å²) >= 11 is 12.6. The predicted octanol–water partition coefficient (Wildman–Crippen LogP) is 5.04. The number of carbonyl (C=O) groups is 2. The molecule has 2 aliphatic heterocycles. The summed E-state index contributed by atoms with van der Waals surface area (Å²) in [5.74, 6) is -1.33. The zero-order chi connectivity index (χ0) is 25.9. The van der Waals surface area contributed by atoms with Crippen LogP contribution in [0.4, 0.5) is 0 Å². The number of aliphatic carboxylic acids is 1. The number of rotatable bonds is 8. The first kappa shape index (κ1) is 26.9. The number of amides is 1. The van der Waals surface area contributed by atoms with Gasteiger partial charge in [-0.1, -0.05) is 49.2 Å². The number of carbonyl (C=O) groups excluding carboxylic acids is 1. The maximum Gasteiger partial charge on any atom is 0.304 e. The molecular formula is C27H33Cl2N3O4. The molecule has 1 N–H and O–H groups in total. The van der Waals surface area contributed by atoms with Crippen LogP contribution in [0.3, 0.4) is 0 Å². The second kappa shape index (κ2) is 11.5. The lowest BCUT2D eigenvalue weighted by molar-refractivity contribution is -0.161. The highest BCUT2D eigenvalue weighted by molar-refractivity contribution is 6.30. The number of halogens is 2. The number of nitrogens with zero attached hydrogens (tertiary/aromatic N) is 3. The van der Waals surface area contributed by atoms with Crippen LogP contribution in [0.2, 0.25) is 10.0 Å². The summed E-state index contributed by atoms with van der Waals surface area (Å²) in [4.78, 5) is 35.1. The van der Waals surface area contributed by atoms with Gasteiger partial charge < -0.3 is 14.7 Å². The van der Waals surface area contributed by atoms with Gasteiger partial charge in [0.25, 0.3) is 0 Å². The van der Waals surface area contributed by atoms with Crippen LogP contribution < -0.4 is 0 Å². The second-order valence-electron chi connectivity index (χ2n) is 10.0. The van der Waals surface area contributed by atoms with Gasteiger partial charge in [0.15, 0.2) is 0 Å². The number of morpholine rings is 1. The molecule has 0 aliphatic carbocycles. The summed E-state index contributed by atoms with van der Waals surface area (Å²) in [6.07, 6.45) is 2.45. The van der Waals surface area contributed by atoms with Crippen molar-refractivity contribution in [3.8, 4) is 0 Å². The molecule has 4 rings (SSSR count). The largest absolute Gasteiger partial charge is 0.481 e. The number of hydrogen-bond donors (Lipinski definition) is 1. The van der Waals surface area contributed by atoms with Gasteiger partial charge in [-0.25, -0.2) is 0 Å². The Bertz CT molecular complexity index is 1080. The highest BCUT2D eigenvalue weighted by atomic mass is 35.5. The topological polar surface area (TPSA) is 83.0 Å². The number of carboxylic acids is 1. The molecule has 0 bridgehead atoms. The Hall–Kier alpha value is -2.19. The minimum Gasteiger partial charge on any atom is -0.481 e. The Labute approximate surface area is 222 Å². The molecule has 0 radical (unpaired) electrons. The van der Waals surface area contributed by atoms with Crippen LogP contribution in [0.1, 0.15) is 56.3 Å². The van der Waals surface area contributed by atoms with Crippen LogP contribution in [0, 0.1) is 5.41 Å². The average Bonchev–Trinajstić information content (AvgIpc) is 2.85. The molecule has 194 valence electrons. The van der Waals surface area contributed by atoms with E-state index in [1.54, 1.807) is 19.2 Å². The van der Waals surface area contributed by atoms with Crippen molar-refractivity contribution in [1.82, 2.24) is 14.8 Å². The lowest BCUT2D eigenvalue weighted by atomic mass is 9.67. The minimum absolute atomic E-state index is 0.131. The van der Waals surface area contributed by atoms with Gasteiger partial charge in [0, 0.05) is 42.8 Å². The fraction of sp³-hybridized carbons (Fsp3) is 0.519. The lowest BCUT2D eigenvalue weighted by Gasteiger charge is -2.52. The molecule has 2 aliphatic rings. The van der Waals surface area contributed by atoms with Crippen molar-refractivity contribution < 1.29 is 19.4 Å². The number of pyridine rings is 1. The average molecular weight is 534 g/mol. The van der Waals surface area contributed by atoms with E-state index in [1.165, 1.54) is 0 Å². The third-order valence-electron chi connectivity index (χ3n) is 7.41. The number of aromatic nitrogens is 1. The Morgan fingerprint density at radius 2 is 1.97 bits per heavy atom. The smallest absolute Gasteiger partial charge is 0.304 e. The maximum atomic E-state index is 14.3. The van der Waals surface area contributed by atoms with Crippen molar-refractivity contribution in [2.75, 3.05) is 32.8 Å². The first-order chi connectivity index (χ1) is 17.2. The number of likely N-dealkylation sites (tertiary alicyclic amines) is 1. The third-order valence-corrected chi connectivity index (χ3v) is 7.87.